The minimum Gasteiger partial charge on any atom is -0.480 e. The maximum atomic E-state index is 12.2. The number of hydrogen-bond acceptors (Lipinski definition) is 2. The van der Waals surface area contributed by atoms with Gasteiger partial charge in [0.25, 0.3) is 5.91 Å². The van der Waals surface area contributed by atoms with Crippen LogP contribution < -0.4 is 10.1 Å². The molecular weight excluding hydrogens is 250 g/mol. The van der Waals surface area contributed by atoms with Gasteiger partial charge in [0.1, 0.15) is 5.75 Å². The molecule has 1 N–H and O–H groups in total. The van der Waals surface area contributed by atoms with Crippen LogP contribution in [0.15, 0.2) is 48.5 Å². The van der Waals surface area contributed by atoms with Gasteiger partial charge in [-0.2, -0.15) is 0 Å². The van der Waals surface area contributed by atoms with Gasteiger partial charge in [0.2, 0.25) is 0 Å². The Morgan fingerprint density at radius 2 is 1.95 bits per heavy atom. The predicted octanol–water partition coefficient (Wildman–Crippen LogP) is 2.61. The molecule has 1 aliphatic rings. The Labute approximate surface area is 118 Å². The Morgan fingerprint density at radius 1 is 1.20 bits per heavy atom. The monoisotopic (exact) mass is 267 g/mol. The zero-order valence-corrected chi connectivity index (χ0v) is 11.4. The lowest BCUT2D eigenvalue weighted by atomic mass is 10.1. The Bertz CT molecular complexity index is 611. The van der Waals surface area contributed by atoms with Gasteiger partial charge in [-0.3, -0.25) is 4.79 Å². The fraction of sp³-hybridized carbons (Fsp3) is 0.235. The first-order chi connectivity index (χ1) is 9.74. The van der Waals surface area contributed by atoms with Crippen LogP contribution in [0.4, 0.5) is 0 Å². The van der Waals surface area contributed by atoms with E-state index < -0.39 is 6.10 Å². The lowest BCUT2D eigenvalue weighted by molar-refractivity contribution is -0.127. The lowest BCUT2D eigenvalue weighted by Gasteiger charge is -2.12. The minimum absolute atomic E-state index is 0.0514. The number of para-hydroxylation sites is 1. The van der Waals surface area contributed by atoms with Crippen LogP contribution in [0.2, 0.25) is 0 Å². The van der Waals surface area contributed by atoms with Crippen LogP contribution in [0, 0.1) is 6.92 Å². The Kier molecular flexibility index (Phi) is 3.42. The molecule has 2 aromatic carbocycles. The van der Waals surface area contributed by atoms with Crippen molar-refractivity contribution in [2.45, 2.75) is 26.0 Å². The van der Waals surface area contributed by atoms with Gasteiger partial charge >= 0.3 is 0 Å². The van der Waals surface area contributed by atoms with Crippen molar-refractivity contribution in [3.05, 3.63) is 65.2 Å². The number of carbonyl (C=O) groups excluding carboxylic acids is 1. The normalized spacial score (nSPS) is 16.4. The Balaban J connectivity index is 1.61. The Morgan fingerprint density at radius 3 is 2.75 bits per heavy atom. The zero-order valence-electron chi connectivity index (χ0n) is 11.4. The molecule has 3 rings (SSSR count). The molecule has 0 aliphatic carbocycles. The van der Waals surface area contributed by atoms with Crippen molar-refractivity contribution >= 4 is 5.91 Å². The molecule has 1 aliphatic heterocycles. The van der Waals surface area contributed by atoms with Crippen LogP contribution in [0.5, 0.6) is 5.75 Å². The van der Waals surface area contributed by atoms with E-state index in [9.17, 15) is 4.79 Å². The van der Waals surface area contributed by atoms with Crippen LogP contribution in [-0.4, -0.2) is 12.0 Å². The largest absolute Gasteiger partial charge is 0.480 e. The maximum Gasteiger partial charge on any atom is 0.261 e. The number of rotatable bonds is 3. The predicted molar refractivity (Wildman–Crippen MR) is 77.6 cm³/mol. The first-order valence-electron chi connectivity index (χ1n) is 6.81. The molecule has 1 heterocycles. The summed E-state index contributed by atoms with van der Waals surface area (Å²) in [7, 11) is 0. The minimum atomic E-state index is -0.406. The van der Waals surface area contributed by atoms with E-state index in [2.05, 4.69) is 5.32 Å². The molecule has 3 heteroatoms. The quantitative estimate of drug-likeness (QED) is 0.928. The van der Waals surface area contributed by atoms with E-state index in [1.807, 2.05) is 55.5 Å². The van der Waals surface area contributed by atoms with E-state index >= 15 is 0 Å². The second-order valence-electron chi connectivity index (χ2n) is 5.06. The summed E-state index contributed by atoms with van der Waals surface area (Å²) in [5.41, 5.74) is 3.42. The van der Waals surface area contributed by atoms with Gasteiger partial charge in [0.05, 0.1) is 0 Å². The summed E-state index contributed by atoms with van der Waals surface area (Å²) in [5.74, 6) is 0.771. The summed E-state index contributed by atoms with van der Waals surface area (Å²) in [6.07, 6.45) is 0.242. The van der Waals surface area contributed by atoms with Crippen molar-refractivity contribution in [2.24, 2.45) is 0 Å². The van der Waals surface area contributed by atoms with E-state index in [0.717, 1.165) is 16.9 Å². The molecule has 1 amide bonds. The SMILES string of the molecule is Cc1ccccc1CNC(=O)[C@@H]1Cc2ccccc2O1. The number of aryl methyl sites for hydroxylation is 1. The van der Waals surface area contributed by atoms with Crippen LogP contribution in [-0.2, 0) is 17.8 Å². The van der Waals surface area contributed by atoms with Crippen molar-refractivity contribution in [1.82, 2.24) is 5.32 Å². The highest BCUT2D eigenvalue weighted by Gasteiger charge is 2.28. The molecular formula is C17H17NO2. The number of amides is 1. The average molecular weight is 267 g/mol. The zero-order chi connectivity index (χ0) is 13.9. The van der Waals surface area contributed by atoms with Crippen molar-refractivity contribution in [3.8, 4) is 5.75 Å². The molecule has 0 bridgehead atoms. The van der Waals surface area contributed by atoms with Gasteiger partial charge in [-0.05, 0) is 29.7 Å². The van der Waals surface area contributed by atoms with Crippen molar-refractivity contribution in [3.63, 3.8) is 0 Å². The van der Waals surface area contributed by atoms with Gasteiger partial charge in [-0.25, -0.2) is 0 Å². The van der Waals surface area contributed by atoms with Crippen molar-refractivity contribution in [2.75, 3.05) is 0 Å². The van der Waals surface area contributed by atoms with E-state index in [-0.39, 0.29) is 5.91 Å². The summed E-state index contributed by atoms with van der Waals surface area (Å²) in [4.78, 5) is 12.2. The third-order valence-corrected chi connectivity index (χ3v) is 3.65. The topological polar surface area (TPSA) is 38.3 Å². The molecule has 0 unspecified atom stereocenters. The molecule has 102 valence electrons. The van der Waals surface area contributed by atoms with E-state index in [4.69, 9.17) is 4.74 Å². The van der Waals surface area contributed by atoms with Crippen LogP contribution in [0.3, 0.4) is 0 Å². The standard InChI is InChI=1S/C17H17NO2/c1-12-6-2-3-8-14(12)11-18-17(19)16-10-13-7-4-5-9-15(13)20-16/h2-9,16H,10-11H2,1H3,(H,18,19)/t16-/m0/s1. The molecule has 0 saturated carbocycles. The van der Waals surface area contributed by atoms with Crippen LogP contribution in [0.1, 0.15) is 16.7 Å². The van der Waals surface area contributed by atoms with Crippen molar-refractivity contribution < 1.29 is 9.53 Å². The lowest BCUT2D eigenvalue weighted by Crippen LogP contribution is -2.37. The third-order valence-electron chi connectivity index (χ3n) is 3.65. The highest BCUT2D eigenvalue weighted by molar-refractivity contribution is 5.82. The van der Waals surface area contributed by atoms with E-state index in [0.29, 0.717) is 13.0 Å². The van der Waals surface area contributed by atoms with Crippen LogP contribution in [0.25, 0.3) is 0 Å². The number of benzene rings is 2. The number of ether oxygens (including phenoxy) is 1. The molecule has 20 heavy (non-hydrogen) atoms. The number of fused-ring (bicyclic) bond motifs is 1. The van der Waals surface area contributed by atoms with Gasteiger partial charge in [-0.1, -0.05) is 42.5 Å². The molecule has 0 fully saturated rings. The fourth-order valence-electron chi connectivity index (χ4n) is 2.43. The number of nitrogens with one attached hydrogen (secondary N) is 1. The molecule has 0 aromatic heterocycles. The highest BCUT2D eigenvalue weighted by Crippen LogP contribution is 2.28. The van der Waals surface area contributed by atoms with Gasteiger partial charge < -0.3 is 10.1 Å². The molecule has 0 radical (unpaired) electrons. The number of hydrogen-bond donors (Lipinski definition) is 1. The highest BCUT2D eigenvalue weighted by atomic mass is 16.5. The fourth-order valence-corrected chi connectivity index (χ4v) is 2.43. The van der Waals surface area contributed by atoms with Crippen LogP contribution >= 0.6 is 0 Å². The van der Waals surface area contributed by atoms with Gasteiger partial charge in [-0.15, -0.1) is 0 Å². The molecule has 0 spiro atoms. The van der Waals surface area contributed by atoms with Crippen molar-refractivity contribution in [1.29, 1.82) is 0 Å². The summed E-state index contributed by atoms with van der Waals surface area (Å²) in [6.45, 7) is 2.59. The second-order valence-corrected chi connectivity index (χ2v) is 5.06. The molecule has 2 aromatic rings. The summed E-state index contributed by atoms with van der Waals surface area (Å²) >= 11 is 0. The second kappa shape index (κ2) is 5.37. The molecule has 1 atom stereocenters. The molecule has 3 nitrogen and oxygen atoms in total. The summed E-state index contributed by atoms with van der Waals surface area (Å²) in [5, 5.41) is 2.95. The van der Waals surface area contributed by atoms with Gasteiger partial charge in [0.15, 0.2) is 6.10 Å². The number of carbonyl (C=O) groups is 1. The summed E-state index contributed by atoms with van der Waals surface area (Å²) in [6, 6.07) is 15.9. The Hall–Kier alpha value is -2.29. The van der Waals surface area contributed by atoms with Gasteiger partial charge in [0, 0.05) is 13.0 Å². The first-order valence-corrected chi connectivity index (χ1v) is 6.81. The van der Waals surface area contributed by atoms with E-state index in [1.54, 1.807) is 0 Å². The third kappa shape index (κ3) is 2.52. The summed E-state index contributed by atoms with van der Waals surface area (Å²) < 4.78 is 5.68. The van der Waals surface area contributed by atoms with E-state index in [1.165, 1.54) is 5.56 Å². The molecule has 0 saturated heterocycles. The average Bonchev–Trinajstić information content (AvgIpc) is 2.90. The smallest absolute Gasteiger partial charge is 0.261 e. The first kappa shape index (κ1) is 12.7. The maximum absolute atomic E-state index is 12.2.